The predicted octanol–water partition coefficient (Wildman–Crippen LogP) is 2.03. The maximum absolute atomic E-state index is 11.1. The Morgan fingerprint density at radius 3 is 2.88 bits per heavy atom. The van der Waals surface area contributed by atoms with E-state index in [1.54, 1.807) is 13.0 Å². The van der Waals surface area contributed by atoms with Crippen LogP contribution in [0.2, 0.25) is 0 Å². The molecule has 0 unspecified atom stereocenters. The maximum atomic E-state index is 11.1. The summed E-state index contributed by atoms with van der Waals surface area (Å²) in [5.74, 6) is 1.11. The van der Waals surface area contributed by atoms with Gasteiger partial charge in [-0.2, -0.15) is 0 Å². The molecule has 17 heavy (non-hydrogen) atoms. The third-order valence-electron chi connectivity index (χ3n) is 2.26. The molecule has 0 saturated carbocycles. The van der Waals surface area contributed by atoms with Crippen LogP contribution in [0.5, 0.6) is 11.5 Å². The molecule has 1 heterocycles. The Morgan fingerprint density at radius 2 is 2.12 bits per heavy atom. The van der Waals surface area contributed by atoms with E-state index in [9.17, 15) is 4.79 Å². The lowest BCUT2D eigenvalue weighted by Gasteiger charge is -2.18. The molecular weight excluding hydrogens is 220 g/mol. The summed E-state index contributed by atoms with van der Waals surface area (Å²) < 4.78 is 15.6. The highest BCUT2D eigenvalue weighted by Crippen LogP contribution is 2.30. The summed E-state index contributed by atoms with van der Waals surface area (Å²) >= 11 is 0. The van der Waals surface area contributed by atoms with Gasteiger partial charge in [-0.25, -0.2) is 4.79 Å². The van der Waals surface area contributed by atoms with Gasteiger partial charge in [0.25, 0.3) is 0 Å². The largest absolute Gasteiger partial charge is 0.486 e. The number of hydrogen-bond donors (Lipinski definition) is 0. The monoisotopic (exact) mass is 234 g/mol. The van der Waals surface area contributed by atoms with Gasteiger partial charge in [0, 0.05) is 6.08 Å². The van der Waals surface area contributed by atoms with E-state index in [4.69, 9.17) is 14.2 Å². The Morgan fingerprint density at radius 1 is 1.35 bits per heavy atom. The van der Waals surface area contributed by atoms with Gasteiger partial charge in [0.1, 0.15) is 13.2 Å². The highest BCUT2D eigenvalue weighted by Gasteiger charge is 2.10. The van der Waals surface area contributed by atoms with Gasteiger partial charge in [-0.15, -0.1) is 0 Å². The van der Waals surface area contributed by atoms with E-state index in [0.29, 0.717) is 25.6 Å². The fourth-order valence-corrected chi connectivity index (χ4v) is 1.52. The first kappa shape index (κ1) is 11.5. The number of benzene rings is 1. The normalized spacial score (nSPS) is 13.7. The molecule has 0 spiro atoms. The van der Waals surface area contributed by atoms with Gasteiger partial charge in [-0.3, -0.25) is 0 Å². The topological polar surface area (TPSA) is 44.8 Å². The Bertz CT molecular complexity index is 437. The molecule has 90 valence electrons. The number of hydrogen-bond acceptors (Lipinski definition) is 4. The summed E-state index contributed by atoms with van der Waals surface area (Å²) in [6.45, 7) is 3.28. The Hall–Kier alpha value is -1.97. The van der Waals surface area contributed by atoms with Crippen molar-refractivity contribution >= 4 is 12.0 Å². The number of rotatable bonds is 3. The van der Waals surface area contributed by atoms with E-state index in [2.05, 4.69) is 0 Å². The van der Waals surface area contributed by atoms with Crippen molar-refractivity contribution in [3.8, 4) is 11.5 Å². The third-order valence-corrected chi connectivity index (χ3v) is 2.26. The minimum absolute atomic E-state index is 0.345. The van der Waals surface area contributed by atoms with E-state index >= 15 is 0 Å². The van der Waals surface area contributed by atoms with Crippen molar-refractivity contribution in [2.24, 2.45) is 0 Å². The second-order valence-corrected chi connectivity index (χ2v) is 3.49. The molecule has 1 aromatic rings. The van der Waals surface area contributed by atoms with E-state index in [1.807, 2.05) is 18.2 Å². The summed E-state index contributed by atoms with van der Waals surface area (Å²) in [5, 5.41) is 0. The predicted molar refractivity (Wildman–Crippen MR) is 63.1 cm³/mol. The molecule has 1 aromatic carbocycles. The van der Waals surface area contributed by atoms with Crippen molar-refractivity contribution in [2.45, 2.75) is 6.92 Å². The van der Waals surface area contributed by atoms with Crippen LogP contribution in [0.25, 0.3) is 6.08 Å². The Balaban J connectivity index is 2.09. The molecule has 0 bridgehead atoms. The van der Waals surface area contributed by atoms with Crippen LogP contribution >= 0.6 is 0 Å². The van der Waals surface area contributed by atoms with Gasteiger partial charge in [0.2, 0.25) is 0 Å². The van der Waals surface area contributed by atoms with E-state index in [1.165, 1.54) is 6.08 Å². The van der Waals surface area contributed by atoms with Crippen LogP contribution in [-0.2, 0) is 9.53 Å². The zero-order valence-electron chi connectivity index (χ0n) is 9.64. The van der Waals surface area contributed by atoms with Crippen LogP contribution in [0.3, 0.4) is 0 Å². The van der Waals surface area contributed by atoms with E-state index in [-0.39, 0.29) is 5.97 Å². The molecule has 1 aliphatic heterocycles. The molecule has 4 heteroatoms. The SMILES string of the molecule is CCOC(=O)/C=C/c1ccc2c(c1)OCCO2. The van der Waals surface area contributed by atoms with Gasteiger partial charge >= 0.3 is 5.97 Å². The molecule has 4 nitrogen and oxygen atoms in total. The van der Waals surface area contributed by atoms with Crippen molar-refractivity contribution in [2.75, 3.05) is 19.8 Å². The molecule has 2 rings (SSSR count). The van der Waals surface area contributed by atoms with Crippen molar-refractivity contribution in [3.63, 3.8) is 0 Å². The first-order valence-electron chi connectivity index (χ1n) is 5.54. The highest BCUT2D eigenvalue weighted by atomic mass is 16.6. The second kappa shape index (κ2) is 5.39. The molecule has 0 aromatic heterocycles. The maximum Gasteiger partial charge on any atom is 0.330 e. The number of fused-ring (bicyclic) bond motifs is 1. The smallest absolute Gasteiger partial charge is 0.330 e. The van der Waals surface area contributed by atoms with Crippen LogP contribution in [0.15, 0.2) is 24.3 Å². The summed E-state index contributed by atoms with van der Waals surface area (Å²) in [5.41, 5.74) is 0.877. The fraction of sp³-hybridized carbons (Fsp3) is 0.308. The molecular formula is C13H14O4. The summed E-state index contributed by atoms with van der Waals surface area (Å²) in [4.78, 5) is 11.1. The van der Waals surface area contributed by atoms with Crippen LogP contribution in [0.1, 0.15) is 12.5 Å². The lowest BCUT2D eigenvalue weighted by molar-refractivity contribution is -0.137. The zero-order chi connectivity index (χ0) is 12.1. The van der Waals surface area contributed by atoms with E-state index in [0.717, 1.165) is 11.3 Å². The first-order chi connectivity index (χ1) is 8.29. The molecule has 0 amide bonds. The second-order valence-electron chi connectivity index (χ2n) is 3.49. The number of carbonyl (C=O) groups is 1. The number of carbonyl (C=O) groups excluding carboxylic acids is 1. The average Bonchev–Trinajstić information content (AvgIpc) is 2.36. The van der Waals surface area contributed by atoms with Crippen molar-refractivity contribution in [1.82, 2.24) is 0 Å². The standard InChI is InChI=1S/C13H14O4/c1-2-15-13(14)6-4-10-3-5-11-12(9-10)17-8-7-16-11/h3-6,9H,2,7-8H2,1H3/b6-4+. The number of esters is 1. The quantitative estimate of drug-likeness (QED) is 0.593. The average molecular weight is 234 g/mol. The fourth-order valence-electron chi connectivity index (χ4n) is 1.52. The van der Waals surface area contributed by atoms with Crippen LogP contribution in [-0.4, -0.2) is 25.8 Å². The lowest BCUT2D eigenvalue weighted by Crippen LogP contribution is -2.15. The molecule has 0 saturated heterocycles. The summed E-state index contributed by atoms with van der Waals surface area (Å²) in [6.07, 6.45) is 3.09. The lowest BCUT2D eigenvalue weighted by atomic mass is 10.2. The Labute approximate surface area is 99.8 Å². The summed E-state index contributed by atoms with van der Waals surface area (Å²) in [6, 6.07) is 5.53. The van der Waals surface area contributed by atoms with Crippen LogP contribution in [0, 0.1) is 0 Å². The zero-order valence-corrected chi connectivity index (χ0v) is 9.64. The molecule has 0 atom stereocenters. The molecule has 0 fully saturated rings. The molecule has 1 aliphatic rings. The number of ether oxygens (including phenoxy) is 3. The Kier molecular flexibility index (Phi) is 3.65. The van der Waals surface area contributed by atoms with Crippen molar-refractivity contribution < 1.29 is 19.0 Å². The van der Waals surface area contributed by atoms with Gasteiger partial charge in [0.05, 0.1) is 6.61 Å². The van der Waals surface area contributed by atoms with E-state index < -0.39 is 0 Å². The molecule has 0 aliphatic carbocycles. The van der Waals surface area contributed by atoms with Gasteiger partial charge < -0.3 is 14.2 Å². The minimum Gasteiger partial charge on any atom is -0.486 e. The van der Waals surface area contributed by atoms with Gasteiger partial charge in [0.15, 0.2) is 11.5 Å². The van der Waals surface area contributed by atoms with Gasteiger partial charge in [-0.1, -0.05) is 6.07 Å². The van der Waals surface area contributed by atoms with Crippen molar-refractivity contribution in [1.29, 1.82) is 0 Å². The van der Waals surface area contributed by atoms with Gasteiger partial charge in [-0.05, 0) is 30.7 Å². The molecule has 0 N–H and O–H groups in total. The van der Waals surface area contributed by atoms with Crippen molar-refractivity contribution in [3.05, 3.63) is 29.8 Å². The van der Waals surface area contributed by atoms with Crippen LogP contribution in [0.4, 0.5) is 0 Å². The highest BCUT2D eigenvalue weighted by molar-refractivity contribution is 5.87. The summed E-state index contributed by atoms with van der Waals surface area (Å²) in [7, 11) is 0. The van der Waals surface area contributed by atoms with Crippen LogP contribution < -0.4 is 9.47 Å². The molecule has 0 radical (unpaired) electrons. The minimum atomic E-state index is -0.345. The third kappa shape index (κ3) is 3.00. The first-order valence-corrected chi connectivity index (χ1v) is 5.54.